The summed E-state index contributed by atoms with van der Waals surface area (Å²) >= 11 is 0. The predicted molar refractivity (Wildman–Crippen MR) is 64.3 cm³/mol. The van der Waals surface area contributed by atoms with Gasteiger partial charge in [-0.05, 0) is 0 Å². The van der Waals surface area contributed by atoms with Crippen molar-refractivity contribution in [2.24, 2.45) is 0 Å². The van der Waals surface area contributed by atoms with Crippen LogP contribution in [0.2, 0.25) is 0 Å². The molecule has 1 saturated heterocycles. The van der Waals surface area contributed by atoms with Gasteiger partial charge in [-0.1, -0.05) is 30.3 Å². The molecule has 16 heavy (non-hydrogen) atoms. The quantitative estimate of drug-likeness (QED) is 0.501. The van der Waals surface area contributed by atoms with Crippen molar-refractivity contribution in [2.75, 3.05) is 39.8 Å². The number of benzene rings is 1. The van der Waals surface area contributed by atoms with Gasteiger partial charge in [0, 0.05) is 5.56 Å². The van der Waals surface area contributed by atoms with Crippen LogP contribution in [0.1, 0.15) is 11.6 Å². The van der Waals surface area contributed by atoms with Crippen LogP contribution in [0.4, 0.5) is 0 Å². The molecule has 0 amide bonds. The maximum atomic E-state index is 4.13. The zero-order valence-electron chi connectivity index (χ0n) is 10.2. The van der Waals surface area contributed by atoms with E-state index in [0.717, 1.165) is 6.54 Å². The third-order valence-electron chi connectivity index (χ3n) is 3.73. The van der Waals surface area contributed by atoms with E-state index in [9.17, 15) is 0 Å². The minimum Gasteiger partial charge on any atom is -0.352 e. The van der Waals surface area contributed by atoms with Crippen LogP contribution in [-0.4, -0.2) is 39.8 Å². The summed E-state index contributed by atoms with van der Waals surface area (Å²) in [5, 5.41) is 0. The molecule has 1 fully saturated rings. The second-order valence-electron chi connectivity index (χ2n) is 4.87. The average molecular weight is 222 g/mol. The van der Waals surface area contributed by atoms with Crippen LogP contribution in [0.5, 0.6) is 0 Å². The first-order valence-electron chi connectivity index (χ1n) is 6.31. The van der Waals surface area contributed by atoms with Gasteiger partial charge in [-0.3, -0.25) is 0 Å². The summed E-state index contributed by atoms with van der Waals surface area (Å²) in [6, 6.07) is 11.4. The second-order valence-corrected chi connectivity index (χ2v) is 4.87. The Morgan fingerprint density at radius 3 is 2.31 bits per heavy atom. The van der Waals surface area contributed by atoms with Crippen molar-refractivity contribution >= 4 is 0 Å². The molecule has 1 aromatic carbocycles. The Morgan fingerprint density at radius 1 is 1.12 bits per heavy atom. The molecule has 1 aliphatic heterocycles. The van der Waals surface area contributed by atoms with E-state index in [2.05, 4.69) is 43.1 Å². The summed E-state index contributed by atoms with van der Waals surface area (Å²) in [5.74, 6) is 0. The molecule has 1 heterocycles. The Labute approximate surface area is 97.8 Å². The summed E-state index contributed by atoms with van der Waals surface area (Å²) in [5.41, 5.74) is 5.58. The van der Waals surface area contributed by atoms with Crippen molar-refractivity contribution < 1.29 is 15.5 Å². The fraction of sp³-hybridized carbons (Fsp3) is 0.538. The van der Waals surface area contributed by atoms with Crippen LogP contribution in [0.25, 0.3) is 0 Å². The van der Waals surface area contributed by atoms with E-state index in [0.29, 0.717) is 6.04 Å². The monoisotopic (exact) mass is 222 g/mol. The van der Waals surface area contributed by atoms with E-state index in [1.165, 1.54) is 31.7 Å². The molecule has 0 radical (unpaired) electrons. The largest absolute Gasteiger partial charge is 0.352 e. The summed E-state index contributed by atoms with van der Waals surface area (Å²) < 4.78 is 0. The van der Waals surface area contributed by atoms with Gasteiger partial charge in [0.1, 0.15) is 32.7 Å². The first-order valence-corrected chi connectivity index (χ1v) is 6.31. The van der Waals surface area contributed by atoms with Crippen LogP contribution in [-0.2, 0) is 0 Å². The summed E-state index contributed by atoms with van der Waals surface area (Å²) in [6.45, 7) is 6.14. The van der Waals surface area contributed by atoms with Gasteiger partial charge in [0.15, 0.2) is 6.04 Å². The van der Waals surface area contributed by atoms with Crippen molar-refractivity contribution in [3.63, 3.8) is 0 Å². The second kappa shape index (κ2) is 5.43. The Hall–Kier alpha value is -0.900. The van der Waals surface area contributed by atoms with Gasteiger partial charge in [0.2, 0.25) is 0 Å². The molecular weight excluding hydrogens is 198 g/mol. The summed E-state index contributed by atoms with van der Waals surface area (Å²) in [7, 11) is 2.29. The third kappa shape index (κ3) is 2.61. The fourth-order valence-electron chi connectivity index (χ4n) is 2.64. The lowest BCUT2D eigenvalue weighted by Crippen LogP contribution is -3.27. The summed E-state index contributed by atoms with van der Waals surface area (Å²) in [4.78, 5) is 3.38. The number of piperazine rings is 1. The zero-order valence-corrected chi connectivity index (χ0v) is 10.2. The Bertz CT molecular complexity index is 304. The van der Waals surface area contributed by atoms with E-state index in [-0.39, 0.29) is 0 Å². The average Bonchev–Trinajstić information content (AvgIpc) is 2.34. The van der Waals surface area contributed by atoms with Gasteiger partial charge in [0.25, 0.3) is 0 Å². The standard InChI is InChI=1S/C13H21N3/c1-15-7-9-16(10-8-15)13(11-14)12-5-3-2-4-6-12/h2-6,13H,7-11,14H2,1H3/p+3/t13-/m0/s1. The topological polar surface area (TPSA) is 36.5 Å². The lowest BCUT2D eigenvalue weighted by Gasteiger charge is -2.32. The smallest absolute Gasteiger partial charge is 0.163 e. The van der Waals surface area contributed by atoms with Crippen molar-refractivity contribution in [3.05, 3.63) is 35.9 Å². The van der Waals surface area contributed by atoms with E-state index in [4.69, 9.17) is 0 Å². The first kappa shape index (κ1) is 11.6. The minimum absolute atomic E-state index is 0.592. The van der Waals surface area contributed by atoms with E-state index in [1.807, 2.05) is 0 Å². The molecule has 0 saturated carbocycles. The molecule has 0 bridgehead atoms. The number of hydrogen-bond donors (Lipinski definition) is 3. The molecule has 0 aromatic heterocycles. The third-order valence-corrected chi connectivity index (χ3v) is 3.73. The number of nitrogens with one attached hydrogen (secondary N) is 2. The SMILES string of the molecule is C[NH+]1CC[NH+]([C@@H](C[NH3+])c2ccccc2)CC1. The van der Waals surface area contributed by atoms with Crippen LogP contribution in [0.3, 0.4) is 0 Å². The van der Waals surface area contributed by atoms with Gasteiger partial charge < -0.3 is 15.5 Å². The van der Waals surface area contributed by atoms with Gasteiger partial charge >= 0.3 is 0 Å². The Kier molecular flexibility index (Phi) is 3.93. The van der Waals surface area contributed by atoms with Gasteiger partial charge in [-0.25, -0.2) is 0 Å². The van der Waals surface area contributed by atoms with Crippen molar-refractivity contribution in [3.8, 4) is 0 Å². The molecule has 88 valence electrons. The highest BCUT2D eigenvalue weighted by atomic mass is 15.3. The Morgan fingerprint density at radius 2 is 1.75 bits per heavy atom. The minimum atomic E-state index is 0.592. The molecule has 5 N–H and O–H groups in total. The zero-order chi connectivity index (χ0) is 11.4. The molecule has 1 aliphatic rings. The van der Waals surface area contributed by atoms with E-state index in [1.54, 1.807) is 9.80 Å². The Balaban J connectivity index is 2.05. The van der Waals surface area contributed by atoms with E-state index < -0.39 is 0 Å². The lowest BCUT2D eigenvalue weighted by atomic mass is 10.0. The molecule has 3 heteroatoms. The molecule has 0 unspecified atom stereocenters. The highest BCUT2D eigenvalue weighted by Crippen LogP contribution is 2.06. The van der Waals surface area contributed by atoms with Gasteiger partial charge in [-0.2, -0.15) is 0 Å². The van der Waals surface area contributed by atoms with Crippen LogP contribution in [0.15, 0.2) is 30.3 Å². The van der Waals surface area contributed by atoms with Crippen molar-refractivity contribution in [2.45, 2.75) is 6.04 Å². The van der Waals surface area contributed by atoms with Crippen LogP contribution in [0, 0.1) is 0 Å². The van der Waals surface area contributed by atoms with Crippen molar-refractivity contribution in [1.29, 1.82) is 0 Å². The molecule has 1 atom stereocenters. The fourth-order valence-corrected chi connectivity index (χ4v) is 2.64. The number of hydrogen-bond acceptors (Lipinski definition) is 0. The highest BCUT2D eigenvalue weighted by molar-refractivity contribution is 5.17. The predicted octanol–water partition coefficient (Wildman–Crippen LogP) is -2.62. The van der Waals surface area contributed by atoms with Crippen LogP contribution < -0.4 is 15.5 Å². The molecular formula is C13H24N3+3. The van der Waals surface area contributed by atoms with Gasteiger partial charge in [0.05, 0.1) is 7.05 Å². The number of quaternary nitrogens is 3. The number of rotatable bonds is 3. The number of likely N-dealkylation sites (N-methyl/N-ethyl adjacent to an activating group) is 1. The van der Waals surface area contributed by atoms with E-state index >= 15 is 0 Å². The lowest BCUT2D eigenvalue weighted by molar-refractivity contribution is -1.02. The van der Waals surface area contributed by atoms with Crippen LogP contribution >= 0.6 is 0 Å². The molecule has 3 nitrogen and oxygen atoms in total. The highest BCUT2D eigenvalue weighted by Gasteiger charge is 2.29. The molecule has 1 aromatic rings. The van der Waals surface area contributed by atoms with Gasteiger partial charge in [-0.15, -0.1) is 0 Å². The summed E-state index contributed by atoms with van der Waals surface area (Å²) in [6.07, 6.45) is 0. The molecule has 2 rings (SSSR count). The van der Waals surface area contributed by atoms with Crippen molar-refractivity contribution in [1.82, 2.24) is 0 Å². The normalized spacial score (nSPS) is 27.6. The molecule has 0 spiro atoms. The molecule has 0 aliphatic carbocycles. The maximum absolute atomic E-state index is 4.13. The first-order chi connectivity index (χ1) is 7.81. The maximum Gasteiger partial charge on any atom is 0.163 e.